The van der Waals surface area contributed by atoms with E-state index in [1.807, 2.05) is 12.1 Å². The molecule has 0 N–H and O–H groups in total. The van der Waals surface area contributed by atoms with E-state index >= 15 is 0 Å². The molecule has 2 aromatic carbocycles. The van der Waals surface area contributed by atoms with Crippen LogP contribution in [-0.2, 0) is 11.5 Å². The molecule has 5 heteroatoms. The Balaban J connectivity index is 1.51. The second-order valence-corrected chi connectivity index (χ2v) is 8.26. The van der Waals surface area contributed by atoms with Gasteiger partial charge in [0.15, 0.2) is 8.68 Å². The highest BCUT2D eigenvalue weighted by molar-refractivity contribution is 8.02. The Morgan fingerprint density at radius 1 is 0.826 bits per heavy atom. The molecule has 0 fully saturated rings. The molecular weight excluding hydrogens is 340 g/mol. The molecule has 2 nitrogen and oxygen atoms in total. The molecule has 0 aliphatic rings. The van der Waals surface area contributed by atoms with Gasteiger partial charge >= 0.3 is 0 Å². The summed E-state index contributed by atoms with van der Waals surface area (Å²) in [4.78, 5) is 0. The molecule has 3 rings (SSSR count). The number of aromatic nitrogens is 2. The van der Waals surface area contributed by atoms with Gasteiger partial charge in [0.1, 0.15) is 0 Å². The van der Waals surface area contributed by atoms with Crippen molar-refractivity contribution in [2.45, 2.75) is 20.2 Å². The minimum atomic E-state index is 0.912. The van der Waals surface area contributed by atoms with Gasteiger partial charge in [-0.3, -0.25) is 0 Å². The summed E-state index contributed by atoms with van der Waals surface area (Å²) >= 11 is 5.14. The van der Waals surface area contributed by atoms with Crippen LogP contribution in [0.15, 0.2) is 69.9 Å². The SMILES string of the molecule is C=Cc1ccc(CSc2nnc(SCc3ccccc3)s2)cc1. The van der Waals surface area contributed by atoms with Crippen molar-refractivity contribution in [2.24, 2.45) is 0 Å². The van der Waals surface area contributed by atoms with Crippen LogP contribution in [0.4, 0.5) is 0 Å². The molecule has 0 unspecified atom stereocenters. The van der Waals surface area contributed by atoms with Gasteiger partial charge in [-0.25, -0.2) is 0 Å². The van der Waals surface area contributed by atoms with Gasteiger partial charge in [0.2, 0.25) is 0 Å². The molecule has 1 aromatic heterocycles. The third-order valence-electron chi connectivity index (χ3n) is 3.17. The lowest BCUT2D eigenvalue weighted by Gasteiger charge is -1.99. The highest BCUT2D eigenvalue weighted by Crippen LogP contribution is 2.32. The van der Waals surface area contributed by atoms with Crippen LogP contribution >= 0.6 is 34.9 Å². The van der Waals surface area contributed by atoms with E-state index in [1.54, 1.807) is 34.9 Å². The highest BCUT2D eigenvalue weighted by Gasteiger charge is 2.06. The Kier molecular flexibility index (Phi) is 5.91. The lowest BCUT2D eigenvalue weighted by molar-refractivity contribution is 0.954. The summed E-state index contributed by atoms with van der Waals surface area (Å²) in [7, 11) is 0. The lowest BCUT2D eigenvalue weighted by Crippen LogP contribution is -1.81. The van der Waals surface area contributed by atoms with E-state index in [0.717, 1.165) is 25.7 Å². The van der Waals surface area contributed by atoms with Gasteiger partial charge in [-0.2, -0.15) is 0 Å². The van der Waals surface area contributed by atoms with Crippen molar-refractivity contribution >= 4 is 40.9 Å². The Hall–Kier alpha value is -1.56. The highest BCUT2D eigenvalue weighted by atomic mass is 32.2. The van der Waals surface area contributed by atoms with Crippen molar-refractivity contribution in [3.8, 4) is 0 Å². The zero-order valence-electron chi connectivity index (χ0n) is 12.5. The smallest absolute Gasteiger partial charge is 0.131 e. The third-order valence-corrected chi connectivity index (χ3v) is 6.50. The molecule has 116 valence electrons. The number of hydrogen-bond donors (Lipinski definition) is 0. The van der Waals surface area contributed by atoms with E-state index in [0.29, 0.717) is 0 Å². The molecule has 0 radical (unpaired) electrons. The van der Waals surface area contributed by atoms with Crippen molar-refractivity contribution in [1.29, 1.82) is 0 Å². The zero-order chi connectivity index (χ0) is 15.9. The van der Waals surface area contributed by atoms with Crippen molar-refractivity contribution in [1.82, 2.24) is 10.2 Å². The minimum absolute atomic E-state index is 0.912. The molecule has 0 saturated heterocycles. The first kappa shape index (κ1) is 16.3. The molecule has 1 heterocycles. The largest absolute Gasteiger partial charge is 0.175 e. The van der Waals surface area contributed by atoms with Gasteiger partial charge in [-0.1, -0.05) is 102 Å². The predicted octanol–water partition coefficient (Wildman–Crippen LogP) is 5.77. The Labute approximate surface area is 149 Å². The van der Waals surface area contributed by atoms with E-state index in [-0.39, 0.29) is 0 Å². The lowest BCUT2D eigenvalue weighted by atomic mass is 10.1. The summed E-state index contributed by atoms with van der Waals surface area (Å²) in [6.45, 7) is 3.77. The second-order valence-electron chi connectivity index (χ2n) is 4.84. The van der Waals surface area contributed by atoms with Crippen LogP contribution in [0.2, 0.25) is 0 Å². The summed E-state index contributed by atoms with van der Waals surface area (Å²) in [5, 5.41) is 8.54. The fraction of sp³-hybridized carbons (Fsp3) is 0.111. The zero-order valence-corrected chi connectivity index (χ0v) is 15.0. The number of rotatable bonds is 7. The number of nitrogens with zero attached hydrogens (tertiary/aromatic N) is 2. The minimum Gasteiger partial charge on any atom is -0.131 e. The number of hydrogen-bond acceptors (Lipinski definition) is 5. The Morgan fingerprint density at radius 3 is 1.96 bits per heavy atom. The van der Waals surface area contributed by atoms with Crippen LogP contribution in [0.25, 0.3) is 6.08 Å². The van der Waals surface area contributed by atoms with E-state index in [4.69, 9.17) is 0 Å². The van der Waals surface area contributed by atoms with E-state index in [2.05, 4.69) is 65.3 Å². The molecule has 0 amide bonds. The Morgan fingerprint density at radius 2 is 1.39 bits per heavy atom. The van der Waals surface area contributed by atoms with Crippen LogP contribution in [-0.4, -0.2) is 10.2 Å². The van der Waals surface area contributed by atoms with Gasteiger partial charge in [0, 0.05) is 11.5 Å². The average molecular weight is 357 g/mol. The maximum atomic E-state index is 4.27. The molecule has 23 heavy (non-hydrogen) atoms. The van der Waals surface area contributed by atoms with Gasteiger partial charge in [0.25, 0.3) is 0 Å². The van der Waals surface area contributed by atoms with E-state index in [1.165, 1.54) is 11.1 Å². The molecular formula is C18H16N2S3. The normalized spacial score (nSPS) is 10.6. The molecule has 0 spiro atoms. The number of benzene rings is 2. The monoisotopic (exact) mass is 356 g/mol. The van der Waals surface area contributed by atoms with Crippen LogP contribution in [0.1, 0.15) is 16.7 Å². The summed E-state index contributed by atoms with van der Waals surface area (Å²) in [6.07, 6.45) is 1.86. The third kappa shape index (κ3) is 4.96. The van der Waals surface area contributed by atoms with Crippen LogP contribution in [0, 0.1) is 0 Å². The molecule has 0 saturated carbocycles. The van der Waals surface area contributed by atoms with E-state index in [9.17, 15) is 0 Å². The fourth-order valence-electron chi connectivity index (χ4n) is 1.93. The predicted molar refractivity (Wildman–Crippen MR) is 102 cm³/mol. The van der Waals surface area contributed by atoms with Crippen molar-refractivity contribution in [3.63, 3.8) is 0 Å². The second kappa shape index (κ2) is 8.34. The fourth-order valence-corrected chi connectivity index (χ4v) is 4.86. The van der Waals surface area contributed by atoms with Crippen LogP contribution < -0.4 is 0 Å². The van der Waals surface area contributed by atoms with Crippen LogP contribution in [0.3, 0.4) is 0 Å². The topological polar surface area (TPSA) is 25.8 Å². The van der Waals surface area contributed by atoms with Gasteiger partial charge in [-0.15, -0.1) is 10.2 Å². The molecule has 0 bridgehead atoms. The standard InChI is InChI=1S/C18H16N2S3/c1-2-14-8-10-16(11-9-14)13-22-18-20-19-17(23-18)21-12-15-6-4-3-5-7-15/h2-11H,1,12-13H2. The summed E-state index contributed by atoms with van der Waals surface area (Å²) < 4.78 is 2.05. The molecule has 3 aromatic rings. The summed E-state index contributed by atoms with van der Waals surface area (Å²) in [5.74, 6) is 1.85. The van der Waals surface area contributed by atoms with Crippen molar-refractivity contribution in [2.75, 3.05) is 0 Å². The average Bonchev–Trinajstić information content (AvgIpc) is 3.07. The van der Waals surface area contributed by atoms with E-state index < -0.39 is 0 Å². The van der Waals surface area contributed by atoms with Gasteiger partial charge in [-0.05, 0) is 16.7 Å². The molecule has 0 aliphatic carbocycles. The van der Waals surface area contributed by atoms with Crippen molar-refractivity contribution < 1.29 is 0 Å². The number of thioether (sulfide) groups is 2. The summed E-state index contributed by atoms with van der Waals surface area (Å²) in [5.41, 5.74) is 3.74. The maximum absolute atomic E-state index is 4.27. The van der Waals surface area contributed by atoms with Gasteiger partial charge in [0.05, 0.1) is 0 Å². The quantitative estimate of drug-likeness (QED) is 0.502. The summed E-state index contributed by atoms with van der Waals surface area (Å²) in [6, 6.07) is 18.9. The molecule has 0 atom stereocenters. The Bertz CT molecular complexity index is 751. The first-order chi connectivity index (χ1) is 11.3. The first-order valence-corrected chi connectivity index (χ1v) is 9.96. The van der Waals surface area contributed by atoms with Crippen molar-refractivity contribution in [3.05, 3.63) is 77.9 Å². The van der Waals surface area contributed by atoms with Gasteiger partial charge < -0.3 is 0 Å². The molecule has 0 aliphatic heterocycles. The first-order valence-electron chi connectivity index (χ1n) is 7.18. The maximum Gasteiger partial charge on any atom is 0.175 e. The van der Waals surface area contributed by atoms with Crippen LogP contribution in [0.5, 0.6) is 0 Å².